The SMILES string of the molecule is COC(=O)CCCN(C(=O)C(C)N(C(=O)c1ccc(Cl)cc1Cl)c1ccc(OC)cc1)c1ccc(OC)cc1. The molecule has 0 radical (unpaired) electrons. The summed E-state index contributed by atoms with van der Waals surface area (Å²) in [5, 5.41) is 0.545. The Morgan fingerprint density at radius 2 is 1.38 bits per heavy atom. The van der Waals surface area contributed by atoms with Gasteiger partial charge in [-0.25, -0.2) is 0 Å². The lowest BCUT2D eigenvalue weighted by atomic mass is 10.1. The Hall–Kier alpha value is -3.75. The summed E-state index contributed by atoms with van der Waals surface area (Å²) in [7, 11) is 4.41. The Balaban J connectivity index is 2.02. The zero-order valence-corrected chi connectivity index (χ0v) is 23.7. The number of benzene rings is 3. The van der Waals surface area contributed by atoms with Crippen molar-refractivity contribution in [2.75, 3.05) is 37.7 Å². The fourth-order valence-electron chi connectivity index (χ4n) is 4.00. The summed E-state index contributed by atoms with van der Waals surface area (Å²) >= 11 is 12.4. The summed E-state index contributed by atoms with van der Waals surface area (Å²) in [5.74, 6) is 0.00214. The largest absolute Gasteiger partial charge is 0.497 e. The number of amides is 2. The molecule has 10 heteroatoms. The first-order valence-electron chi connectivity index (χ1n) is 12.1. The maximum Gasteiger partial charge on any atom is 0.305 e. The highest BCUT2D eigenvalue weighted by molar-refractivity contribution is 6.37. The third-order valence-corrected chi connectivity index (χ3v) is 6.66. The lowest BCUT2D eigenvalue weighted by molar-refractivity contribution is -0.140. The van der Waals surface area contributed by atoms with Crippen LogP contribution in [0.5, 0.6) is 11.5 Å². The number of hydrogen-bond donors (Lipinski definition) is 0. The first-order chi connectivity index (χ1) is 18.7. The molecule has 0 bridgehead atoms. The second kappa shape index (κ2) is 13.9. The van der Waals surface area contributed by atoms with E-state index in [1.54, 1.807) is 80.6 Å². The number of halogens is 2. The van der Waals surface area contributed by atoms with Crippen molar-refractivity contribution in [3.05, 3.63) is 82.3 Å². The van der Waals surface area contributed by atoms with Gasteiger partial charge in [0.15, 0.2) is 0 Å². The number of rotatable bonds is 11. The molecule has 0 heterocycles. The van der Waals surface area contributed by atoms with E-state index in [4.69, 9.17) is 37.4 Å². The van der Waals surface area contributed by atoms with Gasteiger partial charge >= 0.3 is 5.97 Å². The van der Waals surface area contributed by atoms with Gasteiger partial charge in [0.05, 0.1) is 31.9 Å². The van der Waals surface area contributed by atoms with Crippen LogP contribution in [0.2, 0.25) is 10.0 Å². The first-order valence-corrected chi connectivity index (χ1v) is 12.9. The average Bonchev–Trinajstić information content (AvgIpc) is 2.95. The zero-order valence-electron chi connectivity index (χ0n) is 22.1. The molecule has 0 aliphatic carbocycles. The van der Waals surface area contributed by atoms with Crippen molar-refractivity contribution in [3.8, 4) is 11.5 Å². The van der Waals surface area contributed by atoms with Crippen molar-refractivity contribution in [3.63, 3.8) is 0 Å². The van der Waals surface area contributed by atoms with E-state index in [0.29, 0.717) is 34.3 Å². The van der Waals surface area contributed by atoms with Crippen molar-refractivity contribution < 1.29 is 28.6 Å². The van der Waals surface area contributed by atoms with Crippen LogP contribution >= 0.6 is 23.2 Å². The smallest absolute Gasteiger partial charge is 0.305 e. The van der Waals surface area contributed by atoms with E-state index in [1.807, 2.05) is 0 Å². The zero-order chi connectivity index (χ0) is 28.5. The molecule has 8 nitrogen and oxygen atoms in total. The minimum atomic E-state index is -0.960. The molecule has 3 rings (SSSR count). The molecule has 0 N–H and O–H groups in total. The monoisotopic (exact) mass is 572 g/mol. The van der Waals surface area contributed by atoms with Gasteiger partial charge in [-0.05, 0) is 80.1 Å². The van der Waals surface area contributed by atoms with Crippen LogP contribution in [0.15, 0.2) is 66.7 Å². The van der Waals surface area contributed by atoms with Crippen LogP contribution < -0.4 is 19.3 Å². The van der Waals surface area contributed by atoms with Crippen LogP contribution in [-0.4, -0.2) is 51.7 Å². The Morgan fingerprint density at radius 3 is 1.90 bits per heavy atom. The fraction of sp³-hybridized carbons (Fsp3) is 0.276. The molecule has 0 spiro atoms. The van der Waals surface area contributed by atoms with Crippen LogP contribution in [0, 0.1) is 0 Å². The highest BCUT2D eigenvalue weighted by atomic mass is 35.5. The minimum Gasteiger partial charge on any atom is -0.497 e. The third-order valence-electron chi connectivity index (χ3n) is 6.12. The van der Waals surface area contributed by atoms with Gasteiger partial charge < -0.3 is 19.1 Å². The molecule has 0 saturated carbocycles. The molecular weight excluding hydrogens is 543 g/mol. The lowest BCUT2D eigenvalue weighted by Gasteiger charge is -2.33. The van der Waals surface area contributed by atoms with Gasteiger partial charge in [-0.15, -0.1) is 0 Å². The number of carbonyl (C=O) groups is 3. The van der Waals surface area contributed by atoms with E-state index in [9.17, 15) is 14.4 Å². The molecular formula is C29H30Cl2N2O6. The van der Waals surface area contributed by atoms with Crippen molar-refractivity contribution in [1.82, 2.24) is 0 Å². The van der Waals surface area contributed by atoms with Gasteiger partial charge in [0.2, 0.25) is 5.91 Å². The number of ether oxygens (including phenoxy) is 3. The topological polar surface area (TPSA) is 85.4 Å². The highest BCUT2D eigenvalue weighted by Gasteiger charge is 2.33. The van der Waals surface area contributed by atoms with Gasteiger partial charge in [-0.2, -0.15) is 0 Å². The molecule has 3 aromatic rings. The van der Waals surface area contributed by atoms with E-state index >= 15 is 0 Å². The quantitative estimate of drug-likeness (QED) is 0.261. The van der Waals surface area contributed by atoms with Gasteiger partial charge in [-0.1, -0.05) is 23.2 Å². The van der Waals surface area contributed by atoms with Gasteiger partial charge in [-0.3, -0.25) is 19.3 Å². The molecule has 0 saturated heterocycles. The standard InChI is InChI=1S/C29H30Cl2N2O6/c1-19(28(35)32(17-5-6-27(34)39-4)21-8-12-23(37-2)13-9-21)33(22-10-14-24(38-3)15-11-22)29(36)25-16-7-20(30)18-26(25)31/h7-16,18-19H,5-6,17H2,1-4H3. The van der Waals surface area contributed by atoms with Crippen LogP contribution in [0.1, 0.15) is 30.1 Å². The van der Waals surface area contributed by atoms with Crippen LogP contribution in [0.25, 0.3) is 0 Å². The molecule has 39 heavy (non-hydrogen) atoms. The summed E-state index contributed by atoms with van der Waals surface area (Å²) in [5.41, 5.74) is 1.25. The lowest BCUT2D eigenvalue weighted by Crippen LogP contribution is -2.50. The van der Waals surface area contributed by atoms with E-state index in [0.717, 1.165) is 0 Å². The fourth-order valence-corrected chi connectivity index (χ4v) is 4.49. The summed E-state index contributed by atoms with van der Waals surface area (Å²) in [4.78, 5) is 42.6. The third kappa shape index (κ3) is 7.43. The summed E-state index contributed by atoms with van der Waals surface area (Å²) in [6.07, 6.45) is 0.489. The van der Waals surface area contributed by atoms with Crippen LogP contribution in [-0.2, 0) is 14.3 Å². The molecule has 1 atom stereocenters. The van der Waals surface area contributed by atoms with Gasteiger partial charge in [0, 0.05) is 29.4 Å². The Kier molecular flexibility index (Phi) is 10.6. The van der Waals surface area contributed by atoms with Crippen molar-refractivity contribution in [1.29, 1.82) is 0 Å². The second-order valence-electron chi connectivity index (χ2n) is 8.54. The van der Waals surface area contributed by atoms with E-state index in [2.05, 4.69) is 0 Å². The van der Waals surface area contributed by atoms with Crippen molar-refractivity contribution in [2.24, 2.45) is 0 Å². The van der Waals surface area contributed by atoms with Gasteiger partial charge in [0.25, 0.3) is 5.91 Å². The van der Waals surface area contributed by atoms with E-state index in [-0.39, 0.29) is 35.4 Å². The Bertz CT molecular complexity index is 1300. The van der Waals surface area contributed by atoms with Gasteiger partial charge in [0.1, 0.15) is 17.5 Å². The molecule has 0 aliphatic heterocycles. The summed E-state index contributed by atoms with van der Waals surface area (Å²) in [6.45, 7) is 1.86. The van der Waals surface area contributed by atoms with Crippen molar-refractivity contribution in [2.45, 2.75) is 25.8 Å². The Morgan fingerprint density at radius 1 is 0.821 bits per heavy atom. The second-order valence-corrected chi connectivity index (χ2v) is 9.38. The number of carbonyl (C=O) groups excluding carboxylic acids is 3. The van der Waals surface area contributed by atoms with E-state index in [1.165, 1.54) is 24.1 Å². The average molecular weight is 573 g/mol. The molecule has 3 aromatic carbocycles. The maximum atomic E-state index is 14.1. The Labute approximate surface area is 238 Å². The molecule has 0 fully saturated rings. The predicted molar refractivity (Wildman–Crippen MR) is 152 cm³/mol. The molecule has 2 amide bonds. The highest BCUT2D eigenvalue weighted by Crippen LogP contribution is 2.29. The first kappa shape index (κ1) is 29.8. The molecule has 0 aromatic heterocycles. The minimum absolute atomic E-state index is 0.131. The number of methoxy groups -OCH3 is 3. The molecule has 1 unspecified atom stereocenters. The number of esters is 1. The van der Waals surface area contributed by atoms with Crippen LogP contribution in [0.4, 0.5) is 11.4 Å². The predicted octanol–water partition coefficient (Wildman–Crippen LogP) is 6.03. The van der Waals surface area contributed by atoms with Crippen molar-refractivity contribution >= 4 is 52.4 Å². The maximum absolute atomic E-state index is 14.1. The molecule has 206 valence electrons. The van der Waals surface area contributed by atoms with Crippen LogP contribution in [0.3, 0.4) is 0 Å². The van der Waals surface area contributed by atoms with E-state index < -0.39 is 11.9 Å². The summed E-state index contributed by atoms with van der Waals surface area (Å²) < 4.78 is 15.3. The normalized spacial score (nSPS) is 11.3. The number of nitrogens with zero attached hydrogens (tertiary/aromatic N) is 2. The molecule has 0 aliphatic rings. The summed E-state index contributed by atoms with van der Waals surface area (Å²) in [6, 6.07) is 17.4. The number of hydrogen-bond acceptors (Lipinski definition) is 6. The number of anilines is 2.